The number of fused-ring (bicyclic) bond motifs is 1. The van der Waals surface area contributed by atoms with Crippen molar-refractivity contribution in [3.8, 4) is 11.5 Å². The highest BCUT2D eigenvalue weighted by atomic mass is 35.5. The number of aliphatic hydroxyl groups is 1. The van der Waals surface area contributed by atoms with Crippen LogP contribution in [0.3, 0.4) is 0 Å². The average molecular weight is 482 g/mol. The first-order valence-electron chi connectivity index (χ1n) is 10.1. The molecule has 0 spiro atoms. The molecule has 0 bridgehead atoms. The van der Waals surface area contributed by atoms with Gasteiger partial charge in [-0.2, -0.15) is 0 Å². The Morgan fingerprint density at radius 1 is 0.970 bits per heavy atom. The van der Waals surface area contributed by atoms with Crippen LogP contribution in [0.25, 0.3) is 5.76 Å². The highest BCUT2D eigenvalue weighted by Gasteiger charge is 2.47. The molecular formula is C25H17Cl2NO5. The van der Waals surface area contributed by atoms with Gasteiger partial charge in [-0.15, -0.1) is 0 Å². The molecule has 0 aliphatic carbocycles. The van der Waals surface area contributed by atoms with Crippen LogP contribution in [-0.4, -0.2) is 23.6 Å². The van der Waals surface area contributed by atoms with Gasteiger partial charge in [-0.25, -0.2) is 0 Å². The number of amides is 1. The predicted molar refractivity (Wildman–Crippen MR) is 125 cm³/mol. The van der Waals surface area contributed by atoms with E-state index in [1.807, 2.05) is 31.2 Å². The minimum atomic E-state index is -0.867. The topological polar surface area (TPSA) is 76.1 Å². The van der Waals surface area contributed by atoms with E-state index in [1.54, 1.807) is 30.3 Å². The first-order valence-corrected chi connectivity index (χ1v) is 10.8. The molecule has 0 aromatic heterocycles. The highest BCUT2D eigenvalue weighted by Crippen LogP contribution is 2.45. The molecule has 3 aromatic rings. The normalized spacial score (nSPS) is 18.8. The summed E-state index contributed by atoms with van der Waals surface area (Å²) < 4.78 is 10.7. The van der Waals surface area contributed by atoms with Crippen molar-refractivity contribution in [1.29, 1.82) is 0 Å². The number of Topliss-reactive ketones (excluding diaryl/α,β-unsaturated/α-hetero) is 1. The lowest BCUT2D eigenvalue weighted by atomic mass is 9.92. The Kier molecular flexibility index (Phi) is 5.27. The molecule has 2 aliphatic heterocycles. The molecule has 8 heteroatoms. The highest BCUT2D eigenvalue weighted by molar-refractivity contribution is 6.52. The van der Waals surface area contributed by atoms with E-state index < -0.39 is 17.7 Å². The lowest BCUT2D eigenvalue weighted by Crippen LogP contribution is -2.29. The van der Waals surface area contributed by atoms with Crippen molar-refractivity contribution in [2.24, 2.45) is 0 Å². The smallest absolute Gasteiger partial charge is 0.300 e. The van der Waals surface area contributed by atoms with E-state index in [-0.39, 0.29) is 23.1 Å². The van der Waals surface area contributed by atoms with E-state index in [4.69, 9.17) is 32.7 Å². The lowest BCUT2D eigenvalue weighted by Gasteiger charge is -2.27. The fourth-order valence-electron chi connectivity index (χ4n) is 4.12. The number of rotatable bonds is 3. The average Bonchev–Trinajstić information content (AvgIpc) is 3.38. The van der Waals surface area contributed by atoms with Crippen molar-refractivity contribution in [1.82, 2.24) is 0 Å². The number of nitrogens with zero attached hydrogens (tertiary/aromatic N) is 1. The largest absolute Gasteiger partial charge is 0.507 e. The zero-order valence-corrected chi connectivity index (χ0v) is 18.9. The summed E-state index contributed by atoms with van der Waals surface area (Å²) in [5.74, 6) is -0.889. The maximum Gasteiger partial charge on any atom is 0.300 e. The summed E-state index contributed by atoms with van der Waals surface area (Å²) in [7, 11) is 0. The molecule has 0 radical (unpaired) electrons. The van der Waals surface area contributed by atoms with Crippen LogP contribution in [0.1, 0.15) is 22.7 Å². The van der Waals surface area contributed by atoms with Crippen LogP contribution < -0.4 is 14.4 Å². The van der Waals surface area contributed by atoms with E-state index in [2.05, 4.69) is 0 Å². The molecule has 2 heterocycles. The van der Waals surface area contributed by atoms with E-state index in [1.165, 1.54) is 11.0 Å². The fourth-order valence-corrected chi connectivity index (χ4v) is 4.41. The number of hydrogen-bond acceptors (Lipinski definition) is 5. The lowest BCUT2D eigenvalue weighted by molar-refractivity contribution is -0.132. The van der Waals surface area contributed by atoms with Crippen molar-refractivity contribution in [3.05, 3.63) is 93.0 Å². The van der Waals surface area contributed by atoms with E-state index in [9.17, 15) is 14.7 Å². The second kappa shape index (κ2) is 8.14. The number of anilines is 1. The quantitative estimate of drug-likeness (QED) is 0.296. The molecule has 1 unspecified atom stereocenters. The third kappa shape index (κ3) is 3.52. The van der Waals surface area contributed by atoms with Crippen molar-refractivity contribution in [2.45, 2.75) is 13.0 Å². The molecule has 166 valence electrons. The van der Waals surface area contributed by atoms with Gasteiger partial charge in [0.1, 0.15) is 5.76 Å². The van der Waals surface area contributed by atoms with Gasteiger partial charge in [0, 0.05) is 11.3 Å². The van der Waals surface area contributed by atoms with Crippen molar-refractivity contribution in [2.75, 3.05) is 11.7 Å². The van der Waals surface area contributed by atoms with Crippen LogP contribution >= 0.6 is 23.2 Å². The number of carbonyl (C=O) groups excluding carboxylic acids is 2. The summed E-state index contributed by atoms with van der Waals surface area (Å²) in [6, 6.07) is 16.1. The molecule has 1 fully saturated rings. The molecule has 1 N–H and O–H groups in total. The molecule has 1 saturated heterocycles. The number of hydrogen-bond donors (Lipinski definition) is 1. The zero-order valence-electron chi connectivity index (χ0n) is 17.3. The van der Waals surface area contributed by atoms with E-state index in [0.29, 0.717) is 33.3 Å². The van der Waals surface area contributed by atoms with Gasteiger partial charge in [-0.3, -0.25) is 14.5 Å². The second-order valence-electron chi connectivity index (χ2n) is 7.69. The molecular weight excluding hydrogens is 465 g/mol. The van der Waals surface area contributed by atoms with Gasteiger partial charge >= 0.3 is 0 Å². The number of aliphatic hydroxyl groups excluding tert-OH is 1. The van der Waals surface area contributed by atoms with Gasteiger partial charge < -0.3 is 14.6 Å². The third-order valence-corrected chi connectivity index (χ3v) is 6.49. The summed E-state index contributed by atoms with van der Waals surface area (Å²) >= 11 is 12.3. The Morgan fingerprint density at radius 2 is 1.73 bits per heavy atom. The number of carbonyl (C=O) groups is 2. The van der Waals surface area contributed by atoms with E-state index in [0.717, 1.165) is 5.56 Å². The molecule has 3 aromatic carbocycles. The minimum absolute atomic E-state index is 0.0285. The molecule has 1 amide bonds. The Hall–Kier alpha value is -3.48. The Balaban J connectivity index is 1.73. The maximum absolute atomic E-state index is 13.3. The van der Waals surface area contributed by atoms with Gasteiger partial charge in [0.25, 0.3) is 11.7 Å². The third-order valence-electron chi connectivity index (χ3n) is 5.75. The Bertz CT molecular complexity index is 1350. The molecule has 2 aliphatic rings. The molecule has 5 rings (SSSR count). The van der Waals surface area contributed by atoms with Crippen molar-refractivity contribution >= 4 is 46.3 Å². The van der Waals surface area contributed by atoms with Crippen LogP contribution in [0, 0.1) is 6.92 Å². The molecule has 1 atom stereocenters. The first kappa shape index (κ1) is 21.4. The van der Waals surface area contributed by atoms with Crippen LogP contribution in [-0.2, 0) is 9.59 Å². The maximum atomic E-state index is 13.3. The summed E-state index contributed by atoms with van der Waals surface area (Å²) in [5.41, 5.74) is 2.25. The van der Waals surface area contributed by atoms with Gasteiger partial charge in [-0.1, -0.05) is 47.5 Å². The molecule has 6 nitrogen and oxygen atoms in total. The van der Waals surface area contributed by atoms with Gasteiger partial charge in [0.15, 0.2) is 11.5 Å². The number of ether oxygens (including phenoxy) is 2. The summed E-state index contributed by atoms with van der Waals surface area (Å²) in [4.78, 5) is 27.8. The SMILES string of the molecule is Cc1ccccc1C1/C(=C(\O)c2ccc3c(c2)OCO3)C(=O)C(=O)N1c1ccc(Cl)c(Cl)c1. The number of benzene rings is 3. The Labute approximate surface area is 199 Å². The first-order chi connectivity index (χ1) is 15.9. The van der Waals surface area contributed by atoms with Gasteiger partial charge in [0.2, 0.25) is 6.79 Å². The second-order valence-corrected chi connectivity index (χ2v) is 8.51. The summed E-state index contributed by atoms with van der Waals surface area (Å²) in [5, 5.41) is 11.8. The van der Waals surface area contributed by atoms with Crippen LogP contribution in [0.2, 0.25) is 10.0 Å². The number of ketones is 1. The van der Waals surface area contributed by atoms with Crippen LogP contribution in [0.15, 0.2) is 66.2 Å². The summed E-state index contributed by atoms with van der Waals surface area (Å²) in [6.45, 7) is 1.95. The van der Waals surface area contributed by atoms with Gasteiger partial charge in [0.05, 0.1) is 21.7 Å². The monoisotopic (exact) mass is 481 g/mol. The van der Waals surface area contributed by atoms with Crippen molar-refractivity contribution < 1.29 is 24.2 Å². The predicted octanol–water partition coefficient (Wildman–Crippen LogP) is 5.66. The fraction of sp³-hybridized carbons (Fsp3) is 0.120. The van der Waals surface area contributed by atoms with Crippen LogP contribution in [0.5, 0.6) is 11.5 Å². The summed E-state index contributed by atoms with van der Waals surface area (Å²) in [6.07, 6.45) is 0. The number of halogens is 2. The standard InChI is InChI=1S/C25H17Cl2NO5/c1-13-4-2-3-5-16(13)22-21(23(29)14-6-9-19-20(10-14)33-12-32-19)24(30)25(31)28(22)15-7-8-17(26)18(27)11-15/h2-11,22,29H,12H2,1H3/b23-21+. The zero-order chi connectivity index (χ0) is 23.3. The molecule has 0 saturated carbocycles. The van der Waals surface area contributed by atoms with Crippen LogP contribution in [0.4, 0.5) is 5.69 Å². The van der Waals surface area contributed by atoms with E-state index >= 15 is 0 Å². The molecule has 33 heavy (non-hydrogen) atoms. The minimum Gasteiger partial charge on any atom is -0.507 e. The Morgan fingerprint density at radius 3 is 2.48 bits per heavy atom. The van der Waals surface area contributed by atoms with Gasteiger partial charge in [-0.05, 0) is 54.4 Å². The number of aryl methyl sites for hydroxylation is 1. The van der Waals surface area contributed by atoms with Crippen molar-refractivity contribution in [3.63, 3.8) is 0 Å².